The SMILES string of the molecule is CC(=O)N1C[C@@H](c2ccccc2)[C@H]2[C@H]1CCCCCN2C(=O)Cc1ccccn1. The predicted octanol–water partition coefficient (Wildman–Crippen LogP) is 3.41. The smallest absolute Gasteiger partial charge is 0.228 e. The minimum atomic E-state index is 0.0258. The van der Waals surface area contributed by atoms with Crippen molar-refractivity contribution in [1.29, 1.82) is 0 Å². The zero-order valence-electron chi connectivity index (χ0n) is 17.0. The highest BCUT2D eigenvalue weighted by atomic mass is 16.2. The second-order valence-electron chi connectivity index (χ2n) is 8.18. The van der Waals surface area contributed by atoms with Crippen LogP contribution in [0.3, 0.4) is 0 Å². The van der Waals surface area contributed by atoms with Gasteiger partial charge in [-0.2, -0.15) is 0 Å². The summed E-state index contributed by atoms with van der Waals surface area (Å²) in [5, 5.41) is 0. The fourth-order valence-electron chi connectivity index (χ4n) is 5.04. The largest absolute Gasteiger partial charge is 0.337 e. The average Bonchev–Trinajstić information content (AvgIpc) is 3.08. The molecule has 2 amide bonds. The first-order valence-corrected chi connectivity index (χ1v) is 10.7. The normalized spacial score (nSPS) is 24.5. The molecule has 0 aliphatic carbocycles. The highest BCUT2D eigenvalue weighted by Crippen LogP contribution is 2.39. The van der Waals surface area contributed by atoms with Crippen LogP contribution in [0, 0.1) is 0 Å². The molecule has 0 N–H and O–H groups in total. The Balaban J connectivity index is 1.68. The van der Waals surface area contributed by atoms with Gasteiger partial charge in [-0.3, -0.25) is 14.6 Å². The van der Waals surface area contributed by atoms with Gasteiger partial charge in [0.1, 0.15) is 0 Å². The number of fused-ring (bicyclic) bond motifs is 1. The number of nitrogens with zero attached hydrogens (tertiary/aromatic N) is 3. The average molecular weight is 392 g/mol. The molecular weight excluding hydrogens is 362 g/mol. The molecule has 0 unspecified atom stereocenters. The van der Waals surface area contributed by atoms with Crippen LogP contribution in [0.4, 0.5) is 0 Å². The maximum absolute atomic E-state index is 13.4. The van der Waals surface area contributed by atoms with E-state index >= 15 is 0 Å². The quantitative estimate of drug-likeness (QED) is 0.806. The Bertz CT molecular complexity index is 840. The van der Waals surface area contributed by atoms with Gasteiger partial charge in [-0.15, -0.1) is 0 Å². The first-order valence-electron chi connectivity index (χ1n) is 10.7. The van der Waals surface area contributed by atoms with E-state index in [1.165, 1.54) is 5.56 Å². The Labute approximate surface area is 172 Å². The van der Waals surface area contributed by atoms with Gasteiger partial charge < -0.3 is 9.80 Å². The number of hydrogen-bond acceptors (Lipinski definition) is 3. The molecule has 2 saturated heterocycles. The molecule has 29 heavy (non-hydrogen) atoms. The van der Waals surface area contributed by atoms with Crippen molar-refractivity contribution in [2.45, 2.75) is 57.0 Å². The fraction of sp³-hybridized carbons (Fsp3) is 0.458. The van der Waals surface area contributed by atoms with Gasteiger partial charge in [0.25, 0.3) is 0 Å². The molecule has 152 valence electrons. The van der Waals surface area contributed by atoms with Crippen LogP contribution in [0.25, 0.3) is 0 Å². The number of carbonyl (C=O) groups excluding carboxylic acids is 2. The van der Waals surface area contributed by atoms with E-state index in [-0.39, 0.29) is 29.8 Å². The Hall–Kier alpha value is -2.69. The molecule has 3 heterocycles. The minimum Gasteiger partial charge on any atom is -0.337 e. The van der Waals surface area contributed by atoms with Crippen molar-refractivity contribution >= 4 is 11.8 Å². The summed E-state index contributed by atoms with van der Waals surface area (Å²) in [6.07, 6.45) is 6.22. The van der Waals surface area contributed by atoms with Gasteiger partial charge in [0.15, 0.2) is 0 Å². The van der Waals surface area contributed by atoms with Crippen molar-refractivity contribution < 1.29 is 9.59 Å². The molecular formula is C24H29N3O2. The Kier molecular flexibility index (Phi) is 5.93. The van der Waals surface area contributed by atoms with Crippen LogP contribution in [0.1, 0.15) is 49.8 Å². The molecule has 1 aromatic carbocycles. The van der Waals surface area contributed by atoms with Crippen LogP contribution in [0.5, 0.6) is 0 Å². The monoisotopic (exact) mass is 391 g/mol. The molecule has 3 atom stereocenters. The van der Waals surface area contributed by atoms with Crippen molar-refractivity contribution in [1.82, 2.24) is 14.8 Å². The topological polar surface area (TPSA) is 53.5 Å². The fourth-order valence-corrected chi connectivity index (χ4v) is 5.04. The molecule has 4 rings (SSSR count). The zero-order valence-corrected chi connectivity index (χ0v) is 17.0. The Morgan fingerprint density at radius 2 is 1.79 bits per heavy atom. The van der Waals surface area contributed by atoms with Crippen LogP contribution in [0.15, 0.2) is 54.7 Å². The van der Waals surface area contributed by atoms with Gasteiger partial charge >= 0.3 is 0 Å². The van der Waals surface area contributed by atoms with Crippen LogP contribution in [-0.2, 0) is 16.0 Å². The van der Waals surface area contributed by atoms with Gasteiger partial charge in [0, 0.05) is 37.8 Å². The van der Waals surface area contributed by atoms with Gasteiger partial charge in [-0.1, -0.05) is 49.2 Å². The van der Waals surface area contributed by atoms with E-state index in [4.69, 9.17) is 0 Å². The van der Waals surface area contributed by atoms with Crippen molar-refractivity contribution in [2.24, 2.45) is 0 Å². The van der Waals surface area contributed by atoms with E-state index in [1.54, 1.807) is 13.1 Å². The van der Waals surface area contributed by atoms with Crippen molar-refractivity contribution in [3.63, 3.8) is 0 Å². The van der Waals surface area contributed by atoms with E-state index < -0.39 is 0 Å². The van der Waals surface area contributed by atoms with Crippen molar-refractivity contribution in [2.75, 3.05) is 13.1 Å². The predicted molar refractivity (Wildman–Crippen MR) is 112 cm³/mol. The Morgan fingerprint density at radius 3 is 2.52 bits per heavy atom. The molecule has 2 aromatic rings. The third kappa shape index (κ3) is 4.19. The summed E-state index contributed by atoms with van der Waals surface area (Å²) in [5.74, 6) is 0.374. The highest BCUT2D eigenvalue weighted by molar-refractivity contribution is 5.80. The third-order valence-electron chi connectivity index (χ3n) is 6.37. The minimum absolute atomic E-state index is 0.0258. The first-order chi connectivity index (χ1) is 14.1. The molecule has 0 bridgehead atoms. The number of amides is 2. The lowest BCUT2D eigenvalue weighted by atomic mass is 9.86. The van der Waals surface area contributed by atoms with Crippen molar-refractivity contribution in [3.05, 3.63) is 66.0 Å². The van der Waals surface area contributed by atoms with E-state index in [1.807, 2.05) is 41.3 Å². The van der Waals surface area contributed by atoms with Crippen LogP contribution >= 0.6 is 0 Å². The molecule has 0 saturated carbocycles. The molecule has 2 fully saturated rings. The van der Waals surface area contributed by atoms with Crippen LogP contribution < -0.4 is 0 Å². The van der Waals surface area contributed by atoms with Gasteiger partial charge in [0.2, 0.25) is 11.8 Å². The number of hydrogen-bond donors (Lipinski definition) is 0. The summed E-state index contributed by atoms with van der Waals surface area (Å²) < 4.78 is 0. The maximum Gasteiger partial charge on any atom is 0.228 e. The number of pyridine rings is 1. The molecule has 1 aromatic heterocycles. The molecule has 2 aliphatic heterocycles. The summed E-state index contributed by atoms with van der Waals surface area (Å²) in [4.78, 5) is 34.3. The number of likely N-dealkylation sites (tertiary alicyclic amines) is 2. The van der Waals surface area contributed by atoms with E-state index in [9.17, 15) is 9.59 Å². The summed E-state index contributed by atoms with van der Waals surface area (Å²) in [5.41, 5.74) is 2.01. The summed E-state index contributed by atoms with van der Waals surface area (Å²) in [6, 6.07) is 16.2. The second-order valence-corrected chi connectivity index (χ2v) is 8.18. The number of carbonyl (C=O) groups is 2. The highest BCUT2D eigenvalue weighted by Gasteiger charge is 2.47. The summed E-state index contributed by atoms with van der Waals surface area (Å²) >= 11 is 0. The van der Waals surface area contributed by atoms with Gasteiger partial charge in [-0.05, 0) is 30.5 Å². The molecule has 5 nitrogen and oxygen atoms in total. The van der Waals surface area contributed by atoms with E-state index in [0.717, 1.165) is 37.9 Å². The van der Waals surface area contributed by atoms with Crippen molar-refractivity contribution in [3.8, 4) is 0 Å². The number of rotatable bonds is 3. The maximum atomic E-state index is 13.4. The Morgan fingerprint density at radius 1 is 1.00 bits per heavy atom. The first kappa shape index (κ1) is 19.6. The number of aromatic nitrogens is 1. The lowest BCUT2D eigenvalue weighted by Crippen LogP contribution is -2.51. The molecule has 0 spiro atoms. The molecule has 0 radical (unpaired) electrons. The number of benzene rings is 1. The van der Waals surface area contributed by atoms with E-state index in [0.29, 0.717) is 13.0 Å². The lowest BCUT2D eigenvalue weighted by molar-refractivity contribution is -0.136. The zero-order chi connectivity index (χ0) is 20.2. The lowest BCUT2D eigenvalue weighted by Gasteiger charge is -2.39. The third-order valence-corrected chi connectivity index (χ3v) is 6.37. The molecule has 2 aliphatic rings. The standard InChI is InChI=1S/C24H29N3O2/c1-18(28)27-17-21(19-10-4-2-5-11-19)24-22(27)13-6-3-9-15-26(24)23(29)16-20-12-7-8-14-25-20/h2,4-5,7-8,10-12,14,21-22,24H,3,6,9,13,15-17H2,1H3/t21-,22+,24-/m0/s1. The summed E-state index contributed by atoms with van der Waals surface area (Å²) in [7, 11) is 0. The van der Waals surface area contributed by atoms with E-state index in [2.05, 4.69) is 22.0 Å². The second kappa shape index (κ2) is 8.76. The van der Waals surface area contributed by atoms with Crippen LogP contribution in [-0.4, -0.2) is 51.8 Å². The van der Waals surface area contributed by atoms with Crippen LogP contribution in [0.2, 0.25) is 0 Å². The summed E-state index contributed by atoms with van der Waals surface area (Å²) in [6.45, 7) is 3.09. The molecule has 5 heteroatoms. The van der Waals surface area contributed by atoms with Gasteiger partial charge in [0.05, 0.1) is 18.5 Å². The van der Waals surface area contributed by atoms with Gasteiger partial charge in [-0.25, -0.2) is 0 Å².